The summed E-state index contributed by atoms with van der Waals surface area (Å²) in [5.74, 6) is -0.607. The Bertz CT molecular complexity index is 163. The van der Waals surface area contributed by atoms with Gasteiger partial charge in [0.2, 0.25) is 0 Å². The van der Waals surface area contributed by atoms with Gasteiger partial charge in [-0.1, -0.05) is 6.92 Å². The van der Waals surface area contributed by atoms with Crippen LogP contribution in [0.2, 0.25) is 0 Å². The van der Waals surface area contributed by atoms with E-state index in [0.29, 0.717) is 0 Å². The number of nitrogens with one attached hydrogen (secondary N) is 1. The highest BCUT2D eigenvalue weighted by Gasteiger charge is 2.28. The number of aliphatic hydroxyl groups is 1. The predicted molar refractivity (Wildman–Crippen MR) is 37.7 cm³/mol. The molecule has 0 aromatic rings. The summed E-state index contributed by atoms with van der Waals surface area (Å²) >= 11 is 0. The third-order valence-electron chi connectivity index (χ3n) is 1.92. The lowest BCUT2D eigenvalue weighted by Crippen LogP contribution is -2.35. The first-order valence-corrected chi connectivity index (χ1v) is 3.69. The van der Waals surface area contributed by atoms with E-state index in [2.05, 4.69) is 5.32 Å². The molecule has 3 unspecified atom stereocenters. The topological polar surface area (TPSA) is 49.3 Å². The Labute approximate surface area is 64.6 Å². The maximum absolute atomic E-state index is 12.7. The van der Waals surface area contributed by atoms with Crippen LogP contribution in [0.4, 0.5) is 4.39 Å². The van der Waals surface area contributed by atoms with Gasteiger partial charge >= 0.3 is 0 Å². The molecule has 11 heavy (non-hydrogen) atoms. The van der Waals surface area contributed by atoms with E-state index in [0.717, 1.165) is 0 Å². The molecule has 0 spiro atoms. The molecule has 4 heteroatoms. The number of hydrogen-bond donors (Lipinski definition) is 2. The van der Waals surface area contributed by atoms with Gasteiger partial charge in [-0.3, -0.25) is 10.1 Å². The molecule has 3 nitrogen and oxygen atoms in total. The lowest BCUT2D eigenvalue weighted by atomic mass is 10.0. The molecule has 1 heterocycles. The standard InChI is InChI=1S/C7H12FNO2/c1-4-2-6(10)5(8)3-9-7(4)11/h4-5,7,9,11H,2-3H2,1H3. The quantitative estimate of drug-likeness (QED) is 0.519. The van der Waals surface area contributed by atoms with Crippen molar-refractivity contribution in [2.75, 3.05) is 6.54 Å². The second kappa shape index (κ2) is 3.28. The summed E-state index contributed by atoms with van der Waals surface area (Å²) in [5, 5.41) is 11.7. The van der Waals surface area contributed by atoms with Gasteiger partial charge in [-0.25, -0.2) is 4.39 Å². The number of alkyl halides is 1. The minimum Gasteiger partial charge on any atom is -0.378 e. The summed E-state index contributed by atoms with van der Waals surface area (Å²) < 4.78 is 12.7. The van der Waals surface area contributed by atoms with Crippen LogP contribution in [0.25, 0.3) is 0 Å². The first-order valence-electron chi connectivity index (χ1n) is 3.69. The van der Waals surface area contributed by atoms with E-state index in [9.17, 15) is 9.18 Å². The van der Waals surface area contributed by atoms with Crippen LogP contribution in [0.15, 0.2) is 0 Å². The van der Waals surface area contributed by atoms with E-state index < -0.39 is 18.2 Å². The molecule has 0 bridgehead atoms. The zero-order valence-electron chi connectivity index (χ0n) is 6.38. The Kier molecular flexibility index (Phi) is 2.57. The van der Waals surface area contributed by atoms with E-state index in [1.807, 2.05) is 0 Å². The Hall–Kier alpha value is -0.480. The molecule has 0 aromatic heterocycles. The van der Waals surface area contributed by atoms with Crippen molar-refractivity contribution in [1.29, 1.82) is 0 Å². The Morgan fingerprint density at radius 3 is 3.00 bits per heavy atom. The molecule has 64 valence electrons. The van der Waals surface area contributed by atoms with Crippen LogP contribution in [0.3, 0.4) is 0 Å². The lowest BCUT2D eigenvalue weighted by molar-refractivity contribution is -0.124. The molecule has 0 saturated carbocycles. The van der Waals surface area contributed by atoms with Crippen molar-refractivity contribution in [3.05, 3.63) is 0 Å². The number of hydrogen-bond acceptors (Lipinski definition) is 3. The number of carbonyl (C=O) groups excluding carboxylic acids is 1. The average Bonchev–Trinajstić information content (AvgIpc) is 2.05. The van der Waals surface area contributed by atoms with Crippen LogP contribution in [0, 0.1) is 5.92 Å². The van der Waals surface area contributed by atoms with E-state index in [1.54, 1.807) is 6.92 Å². The van der Waals surface area contributed by atoms with Crippen molar-refractivity contribution in [2.45, 2.75) is 25.7 Å². The Morgan fingerprint density at radius 1 is 1.73 bits per heavy atom. The third kappa shape index (κ3) is 1.97. The molecule has 3 atom stereocenters. The molecule has 0 radical (unpaired) electrons. The average molecular weight is 161 g/mol. The highest BCUT2D eigenvalue weighted by molar-refractivity contribution is 5.83. The van der Waals surface area contributed by atoms with Crippen molar-refractivity contribution >= 4 is 5.78 Å². The fraction of sp³-hybridized carbons (Fsp3) is 0.857. The highest BCUT2D eigenvalue weighted by atomic mass is 19.1. The fourth-order valence-electron chi connectivity index (χ4n) is 1.10. The van der Waals surface area contributed by atoms with Gasteiger partial charge < -0.3 is 5.11 Å². The van der Waals surface area contributed by atoms with Gasteiger partial charge in [0.1, 0.15) is 6.23 Å². The summed E-state index contributed by atoms with van der Waals surface area (Å²) in [4.78, 5) is 10.8. The largest absolute Gasteiger partial charge is 0.378 e. The summed E-state index contributed by atoms with van der Waals surface area (Å²) in [7, 11) is 0. The second-order valence-corrected chi connectivity index (χ2v) is 2.97. The van der Waals surface area contributed by atoms with Gasteiger partial charge in [-0.05, 0) is 0 Å². The van der Waals surface area contributed by atoms with Crippen LogP contribution in [0.1, 0.15) is 13.3 Å². The third-order valence-corrected chi connectivity index (χ3v) is 1.92. The Balaban J connectivity index is 2.58. The van der Waals surface area contributed by atoms with E-state index in [-0.39, 0.29) is 18.9 Å². The van der Waals surface area contributed by atoms with Crippen LogP contribution in [-0.2, 0) is 4.79 Å². The zero-order valence-corrected chi connectivity index (χ0v) is 6.38. The molecule has 1 fully saturated rings. The molecule has 1 rings (SSSR count). The molecule has 1 aliphatic rings. The molecule has 1 aliphatic heterocycles. The summed E-state index contributed by atoms with van der Waals surface area (Å²) in [6.45, 7) is 1.65. The first-order chi connectivity index (χ1) is 5.11. The highest BCUT2D eigenvalue weighted by Crippen LogP contribution is 2.13. The van der Waals surface area contributed by atoms with Crippen molar-refractivity contribution in [1.82, 2.24) is 5.32 Å². The van der Waals surface area contributed by atoms with Crippen molar-refractivity contribution in [2.24, 2.45) is 5.92 Å². The minimum absolute atomic E-state index is 0.0651. The van der Waals surface area contributed by atoms with E-state index in [4.69, 9.17) is 5.11 Å². The number of aliphatic hydroxyl groups excluding tert-OH is 1. The van der Waals surface area contributed by atoms with E-state index in [1.165, 1.54) is 0 Å². The molecule has 0 aromatic carbocycles. The Morgan fingerprint density at radius 2 is 2.36 bits per heavy atom. The molecular weight excluding hydrogens is 149 g/mol. The number of halogens is 1. The normalized spacial score (nSPS) is 40.3. The van der Waals surface area contributed by atoms with Gasteiger partial charge in [-0.2, -0.15) is 0 Å². The van der Waals surface area contributed by atoms with Gasteiger partial charge in [-0.15, -0.1) is 0 Å². The SMILES string of the molecule is CC1CC(=O)C(F)CNC1O. The summed E-state index contributed by atoms with van der Waals surface area (Å²) in [6, 6.07) is 0. The van der Waals surface area contributed by atoms with Gasteiger partial charge in [0, 0.05) is 18.9 Å². The van der Waals surface area contributed by atoms with Crippen molar-refractivity contribution in [3.63, 3.8) is 0 Å². The maximum Gasteiger partial charge on any atom is 0.170 e. The number of rotatable bonds is 0. The maximum atomic E-state index is 12.7. The molecule has 2 N–H and O–H groups in total. The zero-order chi connectivity index (χ0) is 8.43. The second-order valence-electron chi connectivity index (χ2n) is 2.97. The lowest BCUT2D eigenvalue weighted by Gasteiger charge is -2.14. The number of ketones is 1. The molecule has 1 saturated heterocycles. The van der Waals surface area contributed by atoms with Crippen LogP contribution < -0.4 is 5.32 Å². The minimum atomic E-state index is -1.45. The molecular formula is C7H12FNO2. The van der Waals surface area contributed by atoms with Gasteiger partial charge in [0.15, 0.2) is 12.0 Å². The molecule has 0 amide bonds. The number of carbonyl (C=O) groups is 1. The number of Topliss-reactive ketones (excluding diaryl/α,β-unsaturated/α-hetero) is 1. The van der Waals surface area contributed by atoms with Crippen molar-refractivity contribution in [3.8, 4) is 0 Å². The van der Waals surface area contributed by atoms with Gasteiger partial charge in [0.05, 0.1) is 0 Å². The summed E-state index contributed by atoms with van der Waals surface area (Å²) in [6.07, 6.45) is -2.08. The molecule has 0 aliphatic carbocycles. The summed E-state index contributed by atoms with van der Waals surface area (Å²) in [5.41, 5.74) is 0. The predicted octanol–water partition coefficient (Wildman–Crippen LogP) is -0.159. The van der Waals surface area contributed by atoms with Crippen LogP contribution >= 0.6 is 0 Å². The van der Waals surface area contributed by atoms with Crippen LogP contribution in [-0.4, -0.2) is 29.8 Å². The van der Waals surface area contributed by atoms with Crippen LogP contribution in [0.5, 0.6) is 0 Å². The monoisotopic (exact) mass is 161 g/mol. The smallest absolute Gasteiger partial charge is 0.170 e. The van der Waals surface area contributed by atoms with Crippen molar-refractivity contribution < 1.29 is 14.3 Å². The first kappa shape index (κ1) is 8.62. The fourth-order valence-corrected chi connectivity index (χ4v) is 1.10. The van der Waals surface area contributed by atoms with Gasteiger partial charge in [0.25, 0.3) is 0 Å². The van der Waals surface area contributed by atoms with E-state index >= 15 is 0 Å².